The lowest BCUT2D eigenvalue weighted by Crippen LogP contribution is -2.48. The molecule has 8 heteroatoms. The zero-order valence-electron chi connectivity index (χ0n) is 16.7. The van der Waals surface area contributed by atoms with E-state index in [2.05, 4.69) is 10.6 Å². The zero-order chi connectivity index (χ0) is 20.8. The summed E-state index contributed by atoms with van der Waals surface area (Å²) in [5, 5.41) is 15.6. The number of carbonyl (C=O) groups is 3. The lowest BCUT2D eigenvalue weighted by atomic mass is 9.92. The molecule has 1 aromatic rings. The van der Waals surface area contributed by atoms with Crippen molar-refractivity contribution in [3.8, 4) is 0 Å². The van der Waals surface area contributed by atoms with Gasteiger partial charge in [0.2, 0.25) is 5.91 Å². The van der Waals surface area contributed by atoms with Crippen LogP contribution in [0.1, 0.15) is 54.4 Å². The van der Waals surface area contributed by atoms with Crippen molar-refractivity contribution in [2.24, 2.45) is 0 Å². The molecule has 3 rings (SSSR count). The Morgan fingerprint density at radius 2 is 1.90 bits per heavy atom. The number of amides is 3. The number of benzene rings is 1. The summed E-state index contributed by atoms with van der Waals surface area (Å²) in [4.78, 5) is 37.6. The number of aliphatic hydroxyl groups is 1. The van der Waals surface area contributed by atoms with Crippen LogP contribution >= 0.6 is 0 Å². The largest absolute Gasteiger partial charge is 0.445 e. The van der Waals surface area contributed by atoms with E-state index >= 15 is 0 Å². The van der Waals surface area contributed by atoms with Crippen LogP contribution in [0.3, 0.4) is 0 Å². The minimum Gasteiger partial charge on any atom is -0.445 e. The van der Waals surface area contributed by atoms with Crippen LogP contribution in [-0.2, 0) is 16.1 Å². The summed E-state index contributed by atoms with van der Waals surface area (Å²) < 4.78 is 5.26. The minimum atomic E-state index is -0.628. The van der Waals surface area contributed by atoms with Gasteiger partial charge in [-0.1, -0.05) is 25.0 Å². The fourth-order valence-corrected chi connectivity index (χ4v) is 3.37. The van der Waals surface area contributed by atoms with Crippen LogP contribution < -0.4 is 10.6 Å². The molecule has 1 aromatic carbocycles. The number of nitrogens with one attached hydrogen (secondary N) is 2. The second kappa shape index (κ2) is 9.73. The van der Waals surface area contributed by atoms with E-state index in [1.807, 2.05) is 0 Å². The molecule has 29 heavy (non-hydrogen) atoms. The average Bonchev–Trinajstić information content (AvgIpc) is 3.52. The molecule has 0 unspecified atom stereocenters. The molecule has 2 saturated carbocycles. The maximum Gasteiger partial charge on any atom is 0.410 e. The molecule has 0 radical (unpaired) electrons. The number of nitrogens with zero attached hydrogens (tertiary/aromatic N) is 1. The topological polar surface area (TPSA) is 108 Å². The van der Waals surface area contributed by atoms with E-state index < -0.39 is 12.2 Å². The first-order chi connectivity index (χ1) is 13.9. The number of hydrogen-bond donors (Lipinski definition) is 3. The summed E-state index contributed by atoms with van der Waals surface area (Å²) in [6.45, 7) is -0.136. The summed E-state index contributed by atoms with van der Waals surface area (Å²) in [6, 6.07) is 6.96. The molecule has 0 spiro atoms. The van der Waals surface area contributed by atoms with Crippen LogP contribution in [0.4, 0.5) is 4.79 Å². The van der Waals surface area contributed by atoms with Gasteiger partial charge in [-0.15, -0.1) is 0 Å². The Kier molecular flexibility index (Phi) is 7.09. The van der Waals surface area contributed by atoms with Crippen molar-refractivity contribution in [1.82, 2.24) is 15.5 Å². The summed E-state index contributed by atoms with van der Waals surface area (Å²) >= 11 is 0. The molecule has 8 nitrogen and oxygen atoms in total. The Morgan fingerprint density at radius 1 is 1.14 bits per heavy atom. The molecule has 3 N–H and O–H groups in total. The van der Waals surface area contributed by atoms with Crippen molar-refractivity contribution in [1.29, 1.82) is 0 Å². The third-order valence-corrected chi connectivity index (χ3v) is 5.23. The molecule has 0 bridgehead atoms. The first-order valence-electron chi connectivity index (χ1n) is 10.2. The van der Waals surface area contributed by atoms with Crippen LogP contribution in [0, 0.1) is 0 Å². The summed E-state index contributed by atoms with van der Waals surface area (Å²) in [5.41, 5.74) is 1.23. The molecule has 2 aliphatic rings. The quantitative estimate of drug-likeness (QED) is 0.640. The lowest BCUT2D eigenvalue weighted by molar-refractivity contribution is -0.123. The van der Waals surface area contributed by atoms with Crippen LogP contribution in [0.25, 0.3) is 0 Å². The Morgan fingerprint density at radius 3 is 2.62 bits per heavy atom. The highest BCUT2D eigenvalue weighted by atomic mass is 16.6. The zero-order valence-corrected chi connectivity index (χ0v) is 16.7. The molecule has 0 aliphatic heterocycles. The van der Waals surface area contributed by atoms with Gasteiger partial charge in [-0.2, -0.15) is 0 Å². The fraction of sp³-hybridized carbons (Fsp3) is 0.571. The smallest absolute Gasteiger partial charge is 0.410 e. The third kappa shape index (κ3) is 6.45. The molecular formula is C21H29N3O5. The van der Waals surface area contributed by atoms with Gasteiger partial charge in [0.25, 0.3) is 5.91 Å². The molecule has 2 aliphatic carbocycles. The standard InChI is InChI=1S/C21H29N3O5/c1-24(12-19(26)23-17-7-2-3-8-18(17)25)21(28)29-13-14-5-4-6-15(11-14)20(27)22-16-9-10-16/h4-6,11,16-18,25H,2-3,7-10,12-13H2,1H3,(H,22,27)(H,23,26)/t17-,18-/m1/s1. The van der Waals surface area contributed by atoms with Gasteiger partial charge in [0, 0.05) is 18.7 Å². The summed E-state index contributed by atoms with van der Waals surface area (Å²) in [7, 11) is 1.48. The highest BCUT2D eigenvalue weighted by Gasteiger charge is 2.26. The highest BCUT2D eigenvalue weighted by molar-refractivity contribution is 5.94. The Bertz CT molecular complexity index is 750. The van der Waals surface area contributed by atoms with Crippen molar-refractivity contribution in [3.63, 3.8) is 0 Å². The van der Waals surface area contributed by atoms with E-state index in [9.17, 15) is 19.5 Å². The number of carbonyl (C=O) groups excluding carboxylic acids is 3. The van der Waals surface area contributed by atoms with E-state index in [4.69, 9.17) is 4.74 Å². The molecule has 0 aromatic heterocycles. The van der Waals surface area contributed by atoms with Crippen LogP contribution in [0.15, 0.2) is 24.3 Å². The minimum absolute atomic E-state index is 0.0106. The van der Waals surface area contributed by atoms with Crippen molar-refractivity contribution in [2.75, 3.05) is 13.6 Å². The molecular weight excluding hydrogens is 374 g/mol. The monoisotopic (exact) mass is 403 g/mol. The van der Waals surface area contributed by atoms with E-state index in [-0.39, 0.29) is 37.0 Å². The van der Waals surface area contributed by atoms with Gasteiger partial charge < -0.3 is 25.4 Å². The first kappa shape index (κ1) is 21.1. The molecule has 0 saturated heterocycles. The summed E-state index contributed by atoms with van der Waals surface area (Å²) in [6.07, 6.45) is 4.23. The van der Waals surface area contributed by atoms with Gasteiger partial charge in [0.15, 0.2) is 0 Å². The van der Waals surface area contributed by atoms with Gasteiger partial charge in [-0.25, -0.2) is 4.79 Å². The number of hydrogen-bond acceptors (Lipinski definition) is 5. The maximum atomic E-state index is 12.2. The molecule has 0 heterocycles. The van der Waals surface area contributed by atoms with Crippen molar-refractivity contribution in [2.45, 2.75) is 63.3 Å². The number of likely N-dealkylation sites (N-methyl/N-ethyl adjacent to an activating group) is 1. The maximum absolute atomic E-state index is 12.2. The van der Waals surface area contributed by atoms with Gasteiger partial charge >= 0.3 is 6.09 Å². The van der Waals surface area contributed by atoms with Crippen LogP contribution in [-0.4, -0.2) is 59.7 Å². The number of rotatable bonds is 7. The second-order valence-corrected chi connectivity index (χ2v) is 7.88. The van der Waals surface area contributed by atoms with E-state index in [0.29, 0.717) is 17.5 Å². The van der Waals surface area contributed by atoms with Crippen molar-refractivity contribution in [3.05, 3.63) is 35.4 Å². The molecule has 158 valence electrons. The summed E-state index contributed by atoms with van der Waals surface area (Å²) in [5.74, 6) is -0.450. The Balaban J connectivity index is 1.43. The van der Waals surface area contributed by atoms with Crippen molar-refractivity contribution >= 4 is 17.9 Å². The Labute approximate surface area is 170 Å². The highest BCUT2D eigenvalue weighted by Crippen LogP contribution is 2.20. The van der Waals surface area contributed by atoms with Gasteiger partial charge in [0.05, 0.1) is 12.1 Å². The molecule has 2 atom stereocenters. The van der Waals surface area contributed by atoms with Gasteiger partial charge in [0.1, 0.15) is 13.2 Å². The van der Waals surface area contributed by atoms with Crippen LogP contribution in [0.2, 0.25) is 0 Å². The Hall–Kier alpha value is -2.61. The fourth-order valence-electron chi connectivity index (χ4n) is 3.37. The lowest BCUT2D eigenvalue weighted by Gasteiger charge is -2.29. The van der Waals surface area contributed by atoms with E-state index in [1.165, 1.54) is 11.9 Å². The van der Waals surface area contributed by atoms with Gasteiger partial charge in [-0.3, -0.25) is 9.59 Å². The van der Waals surface area contributed by atoms with Crippen molar-refractivity contribution < 1.29 is 24.2 Å². The predicted molar refractivity (Wildman–Crippen MR) is 106 cm³/mol. The number of aliphatic hydroxyl groups excluding tert-OH is 1. The van der Waals surface area contributed by atoms with E-state index in [1.54, 1.807) is 24.3 Å². The van der Waals surface area contributed by atoms with Crippen LogP contribution in [0.5, 0.6) is 0 Å². The third-order valence-electron chi connectivity index (χ3n) is 5.23. The molecule has 2 fully saturated rings. The molecule has 3 amide bonds. The first-order valence-corrected chi connectivity index (χ1v) is 10.2. The van der Waals surface area contributed by atoms with E-state index in [0.717, 1.165) is 32.1 Å². The predicted octanol–water partition coefficient (Wildman–Crippen LogP) is 1.57. The SMILES string of the molecule is CN(CC(=O)N[C@@H]1CCCC[C@H]1O)C(=O)OCc1cccc(C(=O)NC2CC2)c1. The number of ether oxygens (including phenoxy) is 1. The normalized spacial score (nSPS) is 21.2. The average molecular weight is 403 g/mol. The van der Waals surface area contributed by atoms with Gasteiger partial charge in [-0.05, 0) is 43.4 Å². The second-order valence-electron chi connectivity index (χ2n) is 7.88.